The quantitative estimate of drug-likeness (QED) is 0.372. The number of anilines is 1. The van der Waals surface area contributed by atoms with Gasteiger partial charge in [0.05, 0.1) is 31.9 Å². The summed E-state index contributed by atoms with van der Waals surface area (Å²) >= 11 is 0. The Hall–Kier alpha value is -3.55. The average Bonchev–Trinajstić information content (AvgIpc) is 2.68. The van der Waals surface area contributed by atoms with Crippen LogP contribution in [0.15, 0.2) is 47.6 Å². The van der Waals surface area contributed by atoms with E-state index >= 15 is 0 Å². The van der Waals surface area contributed by atoms with Crippen LogP contribution < -0.4 is 14.8 Å². The largest absolute Gasteiger partial charge is 0.497 e. The zero-order valence-electron chi connectivity index (χ0n) is 14.9. The van der Waals surface area contributed by atoms with E-state index in [1.165, 1.54) is 14.2 Å². The molecule has 0 atom stereocenters. The minimum absolute atomic E-state index is 0.0958. The van der Waals surface area contributed by atoms with Gasteiger partial charge in [-0.2, -0.15) is 0 Å². The molecule has 0 aromatic heterocycles. The molecule has 0 unspecified atom stereocenters. The number of hydrogen-bond acceptors (Lipinski definition) is 6. The number of hydrogen-bond donors (Lipinski definition) is 3. The number of amides is 1. The highest BCUT2D eigenvalue weighted by atomic mass is 16.5. The lowest BCUT2D eigenvalue weighted by Crippen LogP contribution is -2.13. The molecule has 0 spiro atoms. The second kappa shape index (κ2) is 9.23. The molecule has 0 heterocycles. The van der Waals surface area contributed by atoms with Crippen LogP contribution in [0.4, 0.5) is 5.69 Å². The molecule has 0 radical (unpaired) electrons. The Morgan fingerprint density at radius 2 is 1.74 bits per heavy atom. The number of carbonyl (C=O) groups is 2. The number of aliphatic carboxylic acids is 1. The third-order valence-corrected chi connectivity index (χ3v) is 3.82. The standard InChI is InChI=1S/C19H20N2O6/c1-26-14-7-9-17(27-2)15(11-14)19(24)20-13-5-3-12(4-6-13)16(21-25)8-10-18(22)23/h3-7,9,11,25H,8,10H2,1-2H3,(H,20,24)(H,22,23). The highest BCUT2D eigenvalue weighted by Gasteiger charge is 2.14. The van der Waals surface area contributed by atoms with Crippen molar-refractivity contribution in [2.24, 2.45) is 5.16 Å². The number of oxime groups is 1. The normalized spacial score (nSPS) is 11.0. The molecule has 0 fully saturated rings. The molecule has 0 aliphatic heterocycles. The highest BCUT2D eigenvalue weighted by Crippen LogP contribution is 2.25. The molecule has 2 aromatic carbocycles. The number of carboxylic acids is 1. The molecule has 1 amide bonds. The van der Waals surface area contributed by atoms with E-state index in [-0.39, 0.29) is 24.5 Å². The summed E-state index contributed by atoms with van der Waals surface area (Å²) < 4.78 is 10.3. The Labute approximate surface area is 156 Å². The first-order valence-electron chi connectivity index (χ1n) is 8.05. The van der Waals surface area contributed by atoms with Crippen LogP contribution in [0.3, 0.4) is 0 Å². The summed E-state index contributed by atoms with van der Waals surface area (Å²) in [5.41, 5.74) is 1.66. The van der Waals surface area contributed by atoms with E-state index in [9.17, 15) is 9.59 Å². The van der Waals surface area contributed by atoms with Crippen LogP contribution in [-0.4, -0.2) is 42.1 Å². The van der Waals surface area contributed by atoms with Crippen LogP contribution in [0.25, 0.3) is 0 Å². The SMILES string of the molecule is COc1ccc(OC)c(C(=O)Nc2ccc(C(CCC(=O)O)=NO)cc2)c1. The average molecular weight is 372 g/mol. The van der Waals surface area contributed by atoms with Crippen molar-refractivity contribution in [2.45, 2.75) is 12.8 Å². The van der Waals surface area contributed by atoms with Crippen molar-refractivity contribution in [2.75, 3.05) is 19.5 Å². The number of ether oxygens (including phenoxy) is 2. The van der Waals surface area contributed by atoms with Crippen molar-refractivity contribution < 1.29 is 29.4 Å². The Balaban J connectivity index is 2.14. The third kappa shape index (κ3) is 5.21. The van der Waals surface area contributed by atoms with Crippen molar-refractivity contribution in [1.29, 1.82) is 0 Å². The second-order valence-corrected chi connectivity index (χ2v) is 5.54. The number of rotatable bonds is 8. The van der Waals surface area contributed by atoms with Gasteiger partial charge < -0.3 is 25.1 Å². The number of nitrogens with zero attached hydrogens (tertiary/aromatic N) is 1. The van der Waals surface area contributed by atoms with Gasteiger partial charge in [0.2, 0.25) is 0 Å². The van der Waals surface area contributed by atoms with Crippen LogP contribution in [-0.2, 0) is 4.79 Å². The lowest BCUT2D eigenvalue weighted by molar-refractivity contribution is -0.136. The third-order valence-electron chi connectivity index (χ3n) is 3.82. The number of carboxylic acid groups (broad SMARTS) is 1. The summed E-state index contributed by atoms with van der Waals surface area (Å²) in [6, 6.07) is 11.4. The highest BCUT2D eigenvalue weighted by molar-refractivity contribution is 6.07. The molecule has 0 saturated heterocycles. The molecule has 8 heteroatoms. The first kappa shape index (κ1) is 19.8. The van der Waals surface area contributed by atoms with E-state index in [0.717, 1.165) is 0 Å². The zero-order valence-corrected chi connectivity index (χ0v) is 14.9. The van der Waals surface area contributed by atoms with E-state index < -0.39 is 5.97 Å². The minimum Gasteiger partial charge on any atom is -0.497 e. The molecule has 142 valence electrons. The zero-order chi connectivity index (χ0) is 19.8. The lowest BCUT2D eigenvalue weighted by Gasteiger charge is -2.11. The minimum atomic E-state index is -0.979. The van der Waals surface area contributed by atoms with E-state index in [0.29, 0.717) is 28.3 Å². The molecule has 2 rings (SSSR count). The lowest BCUT2D eigenvalue weighted by atomic mass is 10.1. The maximum Gasteiger partial charge on any atom is 0.303 e. The summed E-state index contributed by atoms with van der Waals surface area (Å²) in [5, 5.41) is 23.7. The van der Waals surface area contributed by atoms with Gasteiger partial charge in [-0.15, -0.1) is 0 Å². The van der Waals surface area contributed by atoms with E-state index in [4.69, 9.17) is 19.8 Å². The first-order valence-corrected chi connectivity index (χ1v) is 8.05. The van der Waals surface area contributed by atoms with E-state index in [1.807, 2.05) is 0 Å². The summed E-state index contributed by atoms with van der Waals surface area (Å²) in [6.07, 6.45) is -0.0495. The van der Waals surface area contributed by atoms with Gasteiger partial charge in [-0.25, -0.2) is 0 Å². The summed E-state index contributed by atoms with van der Waals surface area (Å²) in [6.45, 7) is 0. The Morgan fingerprint density at radius 1 is 1.04 bits per heavy atom. The van der Waals surface area contributed by atoms with Gasteiger partial charge in [0.25, 0.3) is 5.91 Å². The van der Waals surface area contributed by atoms with Gasteiger partial charge >= 0.3 is 5.97 Å². The van der Waals surface area contributed by atoms with Crippen LogP contribution in [0.2, 0.25) is 0 Å². The molecule has 0 saturated carbocycles. The van der Waals surface area contributed by atoms with Gasteiger partial charge in [0.15, 0.2) is 0 Å². The van der Waals surface area contributed by atoms with Crippen molar-refractivity contribution in [3.63, 3.8) is 0 Å². The fourth-order valence-corrected chi connectivity index (χ4v) is 2.41. The molecule has 27 heavy (non-hydrogen) atoms. The maximum atomic E-state index is 12.5. The van der Waals surface area contributed by atoms with Crippen molar-refractivity contribution in [3.05, 3.63) is 53.6 Å². The van der Waals surface area contributed by atoms with Crippen LogP contribution in [0, 0.1) is 0 Å². The summed E-state index contributed by atoms with van der Waals surface area (Å²) in [4.78, 5) is 23.2. The molecule has 0 aliphatic rings. The van der Waals surface area contributed by atoms with Gasteiger partial charge in [-0.3, -0.25) is 9.59 Å². The van der Waals surface area contributed by atoms with E-state index in [2.05, 4.69) is 10.5 Å². The fraction of sp³-hybridized carbons (Fsp3) is 0.211. The number of nitrogens with one attached hydrogen (secondary N) is 1. The molecule has 3 N–H and O–H groups in total. The van der Waals surface area contributed by atoms with Gasteiger partial charge in [0.1, 0.15) is 11.5 Å². The molecule has 2 aromatic rings. The number of methoxy groups -OCH3 is 2. The monoisotopic (exact) mass is 372 g/mol. The second-order valence-electron chi connectivity index (χ2n) is 5.54. The predicted molar refractivity (Wildman–Crippen MR) is 99.1 cm³/mol. The summed E-state index contributed by atoms with van der Waals surface area (Å²) in [7, 11) is 2.98. The number of carbonyl (C=O) groups excluding carboxylic acids is 1. The molecule has 8 nitrogen and oxygen atoms in total. The van der Waals surface area contributed by atoms with E-state index in [1.54, 1.807) is 42.5 Å². The molecular weight excluding hydrogens is 352 g/mol. The van der Waals surface area contributed by atoms with Gasteiger partial charge in [-0.05, 0) is 35.9 Å². The van der Waals surface area contributed by atoms with Crippen LogP contribution >= 0.6 is 0 Å². The maximum absolute atomic E-state index is 12.5. The van der Waals surface area contributed by atoms with Crippen molar-refractivity contribution in [3.8, 4) is 11.5 Å². The van der Waals surface area contributed by atoms with Crippen LogP contribution in [0.1, 0.15) is 28.8 Å². The van der Waals surface area contributed by atoms with Crippen molar-refractivity contribution >= 4 is 23.3 Å². The Bertz CT molecular complexity index is 846. The first-order chi connectivity index (χ1) is 13.0. The molecule has 0 aliphatic carbocycles. The topological polar surface area (TPSA) is 117 Å². The van der Waals surface area contributed by atoms with Gasteiger partial charge in [-0.1, -0.05) is 17.3 Å². The number of benzene rings is 2. The smallest absolute Gasteiger partial charge is 0.303 e. The fourth-order valence-electron chi connectivity index (χ4n) is 2.41. The van der Waals surface area contributed by atoms with Gasteiger partial charge in [0, 0.05) is 12.1 Å². The molecule has 0 bridgehead atoms. The van der Waals surface area contributed by atoms with Crippen molar-refractivity contribution in [1.82, 2.24) is 0 Å². The summed E-state index contributed by atoms with van der Waals surface area (Å²) in [5.74, 6) is -0.417. The molecular formula is C19H20N2O6. The Kier molecular flexibility index (Phi) is 6.76. The Morgan fingerprint density at radius 3 is 2.30 bits per heavy atom. The predicted octanol–water partition coefficient (Wildman–Crippen LogP) is 3.00. The van der Waals surface area contributed by atoms with Crippen LogP contribution in [0.5, 0.6) is 11.5 Å².